The summed E-state index contributed by atoms with van der Waals surface area (Å²) in [5.41, 5.74) is 1.03. The van der Waals surface area contributed by atoms with E-state index in [1.165, 1.54) is 23.9 Å². The number of aliphatic imine (C=N–C) groups is 2. The van der Waals surface area contributed by atoms with E-state index in [9.17, 15) is 19.1 Å². The van der Waals surface area contributed by atoms with Crippen LogP contribution in [-0.4, -0.2) is 77.1 Å². The maximum atomic E-state index is 13.8. The van der Waals surface area contributed by atoms with E-state index < -0.39 is 29.8 Å². The first-order valence-corrected chi connectivity index (χ1v) is 13.2. The van der Waals surface area contributed by atoms with E-state index in [4.69, 9.17) is 21.3 Å². The van der Waals surface area contributed by atoms with Gasteiger partial charge in [-0.1, -0.05) is 36.0 Å². The molecule has 1 fully saturated rings. The second-order valence-electron chi connectivity index (χ2n) is 7.50. The number of ether oxygens (including phenoxy) is 1. The predicted molar refractivity (Wildman–Crippen MR) is 140 cm³/mol. The Bertz CT molecular complexity index is 1100. The largest absolute Gasteiger partial charge is 0.480 e. The molecule has 2 atom stereocenters. The van der Waals surface area contributed by atoms with E-state index in [0.29, 0.717) is 34.4 Å². The summed E-state index contributed by atoms with van der Waals surface area (Å²) in [5.74, 6) is -0.520. The van der Waals surface area contributed by atoms with Gasteiger partial charge in [-0.2, -0.15) is 11.8 Å². The van der Waals surface area contributed by atoms with E-state index in [0.717, 1.165) is 11.8 Å². The summed E-state index contributed by atoms with van der Waals surface area (Å²) >= 11 is 9.20. The zero-order chi connectivity index (χ0) is 25.5. The third-order valence-corrected chi connectivity index (χ3v) is 7.48. The monoisotopic (exact) mass is 540 g/mol. The summed E-state index contributed by atoms with van der Waals surface area (Å²) < 4.78 is 19.2. The highest BCUT2D eigenvalue weighted by Gasteiger charge is 2.37. The van der Waals surface area contributed by atoms with Gasteiger partial charge in [0.1, 0.15) is 22.9 Å². The number of nitrogens with one attached hydrogen (secondary N) is 1. The first-order valence-electron chi connectivity index (χ1n) is 10.8. The molecule has 2 aliphatic rings. The van der Waals surface area contributed by atoms with Crippen LogP contribution in [0.3, 0.4) is 0 Å². The van der Waals surface area contributed by atoms with E-state index >= 15 is 0 Å². The number of benzene rings is 1. The molecule has 1 saturated heterocycles. The molecule has 188 valence electrons. The Balaban J connectivity index is 2.17. The van der Waals surface area contributed by atoms with Crippen LogP contribution >= 0.6 is 35.1 Å². The zero-order valence-corrected chi connectivity index (χ0v) is 21.7. The van der Waals surface area contributed by atoms with Crippen LogP contribution < -0.4 is 5.32 Å². The molecule has 0 radical (unpaired) electrons. The van der Waals surface area contributed by atoms with Gasteiger partial charge in [-0.05, 0) is 24.5 Å². The summed E-state index contributed by atoms with van der Waals surface area (Å²) in [6.07, 6.45) is 0. The van der Waals surface area contributed by atoms with Crippen molar-refractivity contribution in [1.82, 2.24) is 10.2 Å². The summed E-state index contributed by atoms with van der Waals surface area (Å²) in [6, 6.07) is 2.25. The minimum atomic E-state index is -0.934. The van der Waals surface area contributed by atoms with Gasteiger partial charge in [0.05, 0.1) is 12.2 Å². The summed E-state index contributed by atoms with van der Waals surface area (Å²) in [6.45, 7) is 6.20. The number of hydrogen-bond acceptors (Lipinski definition) is 9. The predicted octanol–water partition coefficient (Wildman–Crippen LogP) is 3.75. The van der Waals surface area contributed by atoms with Crippen molar-refractivity contribution in [3.05, 3.63) is 57.9 Å². The standard InChI is InChI=1S/C23H26ClFN4O4S2/c1-4-33-23(32)18-16(11-29-8-9-34-12-17(29)22(30)31)27-20(21(26-3)35-5-2)28-19(18)14-7-6-13(25)10-15(14)24/h5-7,10,17,19H,2,4,8-9,11-12H2,1,3H3,(H,27,28)(H,30,31). The van der Waals surface area contributed by atoms with Crippen molar-refractivity contribution in [2.45, 2.75) is 19.0 Å². The summed E-state index contributed by atoms with van der Waals surface area (Å²) in [7, 11) is 1.60. The van der Waals surface area contributed by atoms with Crippen molar-refractivity contribution in [3.8, 4) is 0 Å². The molecule has 2 heterocycles. The highest BCUT2D eigenvalue weighted by molar-refractivity contribution is 8.18. The number of carboxylic acid groups (broad SMARTS) is 1. The van der Waals surface area contributed by atoms with Gasteiger partial charge in [-0.3, -0.25) is 19.7 Å². The number of carboxylic acids is 1. The molecule has 0 bridgehead atoms. The molecule has 2 N–H and O–H groups in total. The second kappa shape index (κ2) is 12.6. The lowest BCUT2D eigenvalue weighted by atomic mass is 9.95. The van der Waals surface area contributed by atoms with Crippen molar-refractivity contribution in [2.24, 2.45) is 9.98 Å². The Morgan fingerprint density at radius 3 is 2.91 bits per heavy atom. The highest BCUT2D eigenvalue weighted by Crippen LogP contribution is 2.37. The smallest absolute Gasteiger partial charge is 0.338 e. The third kappa shape index (κ3) is 6.46. The van der Waals surface area contributed by atoms with Crippen LogP contribution in [0, 0.1) is 5.82 Å². The number of esters is 1. The minimum Gasteiger partial charge on any atom is -0.480 e. The maximum absolute atomic E-state index is 13.8. The van der Waals surface area contributed by atoms with Crippen LogP contribution in [-0.2, 0) is 14.3 Å². The van der Waals surface area contributed by atoms with Gasteiger partial charge in [0.15, 0.2) is 5.84 Å². The average Bonchev–Trinajstić information content (AvgIpc) is 2.82. The average molecular weight is 541 g/mol. The molecule has 2 aliphatic heterocycles. The molecule has 0 aromatic heterocycles. The third-order valence-electron chi connectivity index (χ3n) is 5.36. The van der Waals surface area contributed by atoms with Gasteiger partial charge >= 0.3 is 11.9 Å². The van der Waals surface area contributed by atoms with E-state index in [-0.39, 0.29) is 23.7 Å². The number of carbonyl (C=O) groups is 2. The molecule has 2 unspecified atom stereocenters. The highest BCUT2D eigenvalue weighted by atomic mass is 35.5. The minimum absolute atomic E-state index is 0.102. The van der Waals surface area contributed by atoms with E-state index in [1.807, 2.05) is 0 Å². The van der Waals surface area contributed by atoms with Crippen molar-refractivity contribution in [3.63, 3.8) is 0 Å². The Morgan fingerprint density at radius 2 is 2.29 bits per heavy atom. The molecular formula is C23H26ClFN4O4S2. The first kappa shape index (κ1) is 27.3. The topological polar surface area (TPSA) is 104 Å². The van der Waals surface area contributed by atoms with Crippen LogP contribution in [0.15, 0.2) is 51.4 Å². The normalized spacial score (nSPS) is 21.3. The second-order valence-corrected chi connectivity index (χ2v) is 10.0. The van der Waals surface area contributed by atoms with Crippen LogP contribution in [0.5, 0.6) is 0 Å². The molecule has 1 aromatic rings. The van der Waals surface area contributed by atoms with Crippen LogP contribution in [0.2, 0.25) is 5.02 Å². The van der Waals surface area contributed by atoms with Crippen molar-refractivity contribution in [2.75, 3.05) is 38.2 Å². The lowest BCUT2D eigenvalue weighted by Crippen LogP contribution is -2.50. The number of hydrogen-bond donors (Lipinski definition) is 2. The Hall–Kier alpha value is -2.34. The number of aliphatic carboxylic acids is 1. The number of thioether (sulfide) groups is 2. The fourth-order valence-corrected chi connectivity index (χ4v) is 5.63. The fourth-order valence-electron chi connectivity index (χ4n) is 3.78. The molecular weight excluding hydrogens is 515 g/mol. The molecule has 0 amide bonds. The van der Waals surface area contributed by atoms with Gasteiger partial charge in [0.25, 0.3) is 0 Å². The first-order chi connectivity index (χ1) is 16.8. The number of nitrogens with zero attached hydrogens (tertiary/aromatic N) is 3. The molecule has 0 spiro atoms. The number of amidine groups is 1. The van der Waals surface area contributed by atoms with Gasteiger partial charge < -0.3 is 15.2 Å². The molecule has 1 aromatic carbocycles. The molecule has 8 nitrogen and oxygen atoms in total. The molecule has 35 heavy (non-hydrogen) atoms. The zero-order valence-electron chi connectivity index (χ0n) is 19.3. The van der Waals surface area contributed by atoms with Gasteiger partial charge in [-0.15, -0.1) is 0 Å². The SMILES string of the molecule is C=CSC(=NC)C1=NC(c2ccc(F)cc2Cl)C(C(=O)OCC)=C(CN2CCSCC2C(=O)O)N1. The number of carbonyl (C=O) groups excluding carboxylic acids is 1. The van der Waals surface area contributed by atoms with Crippen molar-refractivity contribution >= 4 is 57.9 Å². The van der Waals surface area contributed by atoms with Crippen LogP contribution in [0.1, 0.15) is 18.5 Å². The number of rotatable bonds is 8. The van der Waals surface area contributed by atoms with Crippen molar-refractivity contribution in [1.29, 1.82) is 0 Å². The van der Waals surface area contributed by atoms with Crippen LogP contribution in [0.25, 0.3) is 0 Å². The van der Waals surface area contributed by atoms with Crippen molar-refractivity contribution < 1.29 is 23.8 Å². The van der Waals surface area contributed by atoms with Gasteiger partial charge in [0.2, 0.25) is 0 Å². The molecule has 0 saturated carbocycles. The summed E-state index contributed by atoms with van der Waals surface area (Å²) in [4.78, 5) is 35.9. The number of halogens is 2. The summed E-state index contributed by atoms with van der Waals surface area (Å²) in [5, 5.41) is 15.1. The molecule has 0 aliphatic carbocycles. The van der Waals surface area contributed by atoms with Crippen LogP contribution in [0.4, 0.5) is 4.39 Å². The van der Waals surface area contributed by atoms with Gasteiger partial charge in [-0.25, -0.2) is 9.18 Å². The van der Waals surface area contributed by atoms with Gasteiger partial charge in [0, 0.05) is 47.9 Å². The Kier molecular flexibility index (Phi) is 9.79. The quantitative estimate of drug-likeness (QED) is 0.292. The lowest BCUT2D eigenvalue weighted by molar-refractivity contribution is -0.142. The lowest BCUT2D eigenvalue weighted by Gasteiger charge is -2.35. The van der Waals surface area contributed by atoms with E-state index in [1.54, 1.807) is 36.0 Å². The Morgan fingerprint density at radius 1 is 1.51 bits per heavy atom. The maximum Gasteiger partial charge on any atom is 0.338 e. The van der Waals surface area contributed by atoms with E-state index in [2.05, 4.69) is 16.9 Å². The molecule has 3 rings (SSSR count). The fraction of sp³-hybridized carbons (Fsp3) is 0.391. The Labute approximate surface area is 216 Å². The molecule has 12 heteroatoms.